The lowest BCUT2D eigenvalue weighted by atomic mass is 10.00. The molecule has 1 saturated heterocycles. The van der Waals surface area contributed by atoms with Crippen LogP contribution in [0.1, 0.15) is 113 Å². The number of hydrogen-bond acceptors (Lipinski definition) is 15. The fraction of sp³-hybridized carbons (Fsp3) is 0.750. The smallest absolute Gasteiger partial charge is 0.328 e. The third kappa shape index (κ3) is 21.3. The summed E-state index contributed by atoms with van der Waals surface area (Å²) in [6.45, 7) is 10.6. The Kier molecular flexibility index (Phi) is 27.1. The predicted molar refractivity (Wildman–Crippen MR) is 248 cm³/mol. The van der Waals surface area contributed by atoms with Crippen molar-refractivity contribution in [1.82, 2.24) is 42.1 Å². The highest BCUT2D eigenvalue weighted by molar-refractivity contribution is 5.99. The molecular formula is C44H76N10O16. The number of carboxylic acid groups (broad SMARTS) is 3. The Morgan fingerprint density at radius 3 is 1.56 bits per heavy atom. The molecule has 26 heteroatoms. The van der Waals surface area contributed by atoms with Gasteiger partial charge in [-0.1, -0.05) is 41.5 Å². The lowest BCUT2D eigenvalue weighted by Gasteiger charge is -2.31. The Hall–Kier alpha value is -5.99. The number of unbranched alkanes of at least 4 members (excludes halogenated alkanes) is 1. The number of rotatable bonds is 32. The minimum atomic E-state index is -1.81. The van der Waals surface area contributed by atoms with Gasteiger partial charge in [0.2, 0.25) is 47.3 Å². The van der Waals surface area contributed by atoms with Gasteiger partial charge in [0.05, 0.1) is 19.1 Å². The summed E-state index contributed by atoms with van der Waals surface area (Å²) in [5.74, 6) is -12.9. The Morgan fingerprint density at radius 1 is 0.600 bits per heavy atom. The van der Waals surface area contributed by atoms with E-state index in [9.17, 15) is 78.3 Å². The molecule has 0 aliphatic carbocycles. The van der Waals surface area contributed by atoms with Crippen molar-refractivity contribution in [2.45, 2.75) is 173 Å². The summed E-state index contributed by atoms with van der Waals surface area (Å²) in [6.07, 6.45) is -2.35. The van der Waals surface area contributed by atoms with Crippen molar-refractivity contribution in [2.75, 3.05) is 19.7 Å². The summed E-state index contributed by atoms with van der Waals surface area (Å²) >= 11 is 0. The van der Waals surface area contributed by atoms with Crippen LogP contribution in [0.2, 0.25) is 0 Å². The van der Waals surface area contributed by atoms with E-state index in [4.69, 9.17) is 11.5 Å². The van der Waals surface area contributed by atoms with Gasteiger partial charge < -0.3 is 79.1 Å². The molecule has 1 heterocycles. The molecule has 70 heavy (non-hydrogen) atoms. The standard InChI is InChI=1S/C44H76N10O16/c1-21(2)17-27(49-39(64)29(19-33(59)60)50-38(63)28(18-22(3)4)51-41(66)34(46)24(7)56)37(62)47-25(13-14-32(57)58)36(61)48-26(11-8-9-15-45)43(68)54-16-10-12-31(54)40(65)53-35(23(5)6)42(67)52-30(20-55)44(69)70/h21-31,34-35,55-56H,8-20,45-46H2,1-7H3,(H,47,62)(H,48,61)(H,49,64)(H,50,63)(H,51,66)(H,52,67)(H,53,65)(H,57,58)(H,59,60)(H,69,70)/t24-,25+,26+,27+,28+,29+,30+,31+,34+,35+/m1/s1. The molecule has 0 bridgehead atoms. The van der Waals surface area contributed by atoms with Gasteiger partial charge in [-0.3, -0.25) is 47.9 Å². The molecule has 1 aliphatic rings. The van der Waals surface area contributed by atoms with Crippen LogP contribution in [0.4, 0.5) is 0 Å². The zero-order valence-electron chi connectivity index (χ0n) is 41.0. The molecule has 0 radical (unpaired) electrons. The molecule has 0 aromatic carbocycles. The van der Waals surface area contributed by atoms with Crippen molar-refractivity contribution in [2.24, 2.45) is 29.2 Å². The van der Waals surface area contributed by atoms with Gasteiger partial charge >= 0.3 is 17.9 Å². The SMILES string of the molecule is CC(C)C[C@H](NC(=O)[C@H](CC(=O)O)NC(=O)[C@H](CC(C)C)NC(=O)[C@@H](N)[C@@H](C)O)C(=O)N[C@@H](CCC(=O)O)C(=O)N[C@@H](CCCCN)C(=O)N1CCC[C@H]1C(=O)N[C@H](C(=O)N[C@@H](CO)C(=O)O)C(C)C. The Labute approximate surface area is 406 Å². The monoisotopic (exact) mass is 1000 g/mol. The van der Waals surface area contributed by atoms with Gasteiger partial charge in [-0.2, -0.15) is 0 Å². The van der Waals surface area contributed by atoms with Crippen LogP contribution in [0, 0.1) is 17.8 Å². The quantitative estimate of drug-likeness (QED) is 0.0289. The zero-order chi connectivity index (χ0) is 53.6. The van der Waals surface area contributed by atoms with E-state index in [2.05, 4.69) is 37.2 Å². The number of carboxylic acids is 3. The molecule has 1 rings (SSSR count). The van der Waals surface area contributed by atoms with Gasteiger partial charge in [0.25, 0.3) is 0 Å². The van der Waals surface area contributed by atoms with Gasteiger partial charge in [-0.05, 0) is 82.6 Å². The Balaban J connectivity index is 3.48. The van der Waals surface area contributed by atoms with Crippen LogP contribution in [0.3, 0.4) is 0 Å². The van der Waals surface area contributed by atoms with Gasteiger partial charge in [0.15, 0.2) is 0 Å². The molecule has 0 saturated carbocycles. The highest BCUT2D eigenvalue weighted by Crippen LogP contribution is 2.21. The molecule has 26 nitrogen and oxygen atoms in total. The highest BCUT2D eigenvalue weighted by atomic mass is 16.4. The van der Waals surface area contributed by atoms with Gasteiger partial charge in [0.1, 0.15) is 54.4 Å². The molecule has 0 aromatic heterocycles. The molecule has 16 N–H and O–H groups in total. The second-order valence-electron chi connectivity index (χ2n) is 18.6. The maximum Gasteiger partial charge on any atom is 0.328 e. The number of aliphatic hydroxyl groups is 2. The first-order chi connectivity index (χ1) is 32.6. The topological polar surface area (TPSA) is 428 Å². The number of aliphatic hydroxyl groups excluding tert-OH is 2. The summed E-state index contributed by atoms with van der Waals surface area (Å²) in [6, 6.07) is -13.1. The number of amides is 8. The molecule has 1 aliphatic heterocycles. The first-order valence-corrected chi connectivity index (χ1v) is 23.5. The molecule has 0 unspecified atom stereocenters. The average molecular weight is 1000 g/mol. The second kappa shape index (κ2) is 30.6. The van der Waals surface area contributed by atoms with Crippen molar-refractivity contribution >= 4 is 65.2 Å². The zero-order valence-corrected chi connectivity index (χ0v) is 41.0. The molecule has 0 spiro atoms. The van der Waals surface area contributed by atoms with Crippen LogP contribution < -0.4 is 48.7 Å². The largest absolute Gasteiger partial charge is 0.481 e. The van der Waals surface area contributed by atoms with Crippen LogP contribution in [0.15, 0.2) is 0 Å². The van der Waals surface area contributed by atoms with Crippen LogP contribution in [-0.4, -0.2) is 176 Å². The molecular weight excluding hydrogens is 925 g/mol. The molecule has 398 valence electrons. The third-order valence-electron chi connectivity index (χ3n) is 11.2. The van der Waals surface area contributed by atoms with E-state index >= 15 is 0 Å². The molecule has 8 amide bonds. The van der Waals surface area contributed by atoms with Gasteiger partial charge in [0, 0.05) is 13.0 Å². The van der Waals surface area contributed by atoms with E-state index in [1.54, 1.807) is 41.5 Å². The summed E-state index contributed by atoms with van der Waals surface area (Å²) in [5.41, 5.74) is 11.4. The maximum atomic E-state index is 14.3. The van der Waals surface area contributed by atoms with E-state index < -0.39 is 157 Å². The van der Waals surface area contributed by atoms with E-state index in [1.165, 1.54) is 11.8 Å². The average Bonchev–Trinajstić information content (AvgIpc) is 3.76. The fourth-order valence-corrected chi connectivity index (χ4v) is 7.39. The van der Waals surface area contributed by atoms with Crippen LogP contribution in [-0.2, 0) is 52.7 Å². The third-order valence-corrected chi connectivity index (χ3v) is 11.2. The summed E-state index contributed by atoms with van der Waals surface area (Å²) in [4.78, 5) is 145. The Morgan fingerprint density at radius 2 is 1.09 bits per heavy atom. The van der Waals surface area contributed by atoms with Crippen molar-refractivity contribution in [3.63, 3.8) is 0 Å². The van der Waals surface area contributed by atoms with Crippen LogP contribution >= 0.6 is 0 Å². The van der Waals surface area contributed by atoms with Crippen LogP contribution in [0.25, 0.3) is 0 Å². The lowest BCUT2D eigenvalue weighted by Crippen LogP contribution is -2.61. The number of hydrogen-bond donors (Lipinski definition) is 14. The lowest BCUT2D eigenvalue weighted by molar-refractivity contribution is -0.144. The number of nitrogens with two attached hydrogens (primary N) is 2. The van der Waals surface area contributed by atoms with E-state index in [0.29, 0.717) is 19.3 Å². The fourth-order valence-electron chi connectivity index (χ4n) is 7.39. The first kappa shape index (κ1) is 62.0. The van der Waals surface area contributed by atoms with Crippen molar-refractivity contribution in [3.8, 4) is 0 Å². The minimum Gasteiger partial charge on any atom is -0.481 e. The number of carbonyl (C=O) groups is 11. The number of aliphatic carboxylic acids is 3. The van der Waals surface area contributed by atoms with E-state index in [-0.39, 0.29) is 50.6 Å². The minimum absolute atomic E-state index is 0.0144. The molecule has 0 aromatic rings. The van der Waals surface area contributed by atoms with Gasteiger partial charge in [-0.25, -0.2) is 4.79 Å². The van der Waals surface area contributed by atoms with Gasteiger partial charge in [-0.15, -0.1) is 0 Å². The molecule has 1 fully saturated rings. The summed E-state index contributed by atoms with van der Waals surface area (Å²) in [7, 11) is 0. The predicted octanol–water partition coefficient (Wildman–Crippen LogP) is -3.63. The number of nitrogens with zero attached hydrogens (tertiary/aromatic N) is 1. The number of likely N-dealkylation sites (tertiary alicyclic amines) is 1. The van der Waals surface area contributed by atoms with Crippen molar-refractivity contribution in [1.29, 1.82) is 0 Å². The van der Waals surface area contributed by atoms with Crippen molar-refractivity contribution in [3.05, 3.63) is 0 Å². The van der Waals surface area contributed by atoms with Crippen molar-refractivity contribution < 1.29 is 78.3 Å². The number of nitrogens with one attached hydrogen (secondary N) is 7. The van der Waals surface area contributed by atoms with E-state index in [0.717, 1.165) is 0 Å². The van der Waals surface area contributed by atoms with Crippen LogP contribution in [0.5, 0.6) is 0 Å². The number of carbonyl (C=O) groups excluding carboxylic acids is 8. The first-order valence-electron chi connectivity index (χ1n) is 23.5. The second-order valence-corrected chi connectivity index (χ2v) is 18.6. The molecule has 10 atom stereocenters. The van der Waals surface area contributed by atoms with E-state index in [1.807, 2.05) is 0 Å². The summed E-state index contributed by atoms with van der Waals surface area (Å²) in [5, 5.41) is 64.6. The summed E-state index contributed by atoms with van der Waals surface area (Å²) < 4.78 is 0. The highest BCUT2D eigenvalue weighted by Gasteiger charge is 2.41. The maximum absolute atomic E-state index is 14.3. The normalized spacial score (nSPS) is 17.4. The Bertz CT molecular complexity index is 1830.